The molecule has 3 N–H and O–H groups in total. The number of hydrogen-bond donors (Lipinski definition) is 3. The smallest absolute Gasteiger partial charge is 0.221 e. The number of fused-ring (bicyclic) bond motifs is 1. The molecule has 1 fully saturated rings. The Balaban J connectivity index is 1.99. The quantitative estimate of drug-likeness (QED) is 0.690. The fourth-order valence-corrected chi connectivity index (χ4v) is 2.34. The van der Waals surface area contributed by atoms with Gasteiger partial charge in [0.1, 0.15) is 0 Å². The molecule has 1 amide bonds. The first-order valence-corrected chi connectivity index (χ1v) is 5.91. The van der Waals surface area contributed by atoms with Gasteiger partial charge in [-0.2, -0.15) is 0 Å². The molecule has 88 valence electrons. The van der Waals surface area contributed by atoms with E-state index in [2.05, 4.69) is 21.7 Å². The van der Waals surface area contributed by atoms with Gasteiger partial charge in [0.05, 0.1) is 6.04 Å². The standard InChI is InChI=1S/C13H15N3O/c17-13-5-6-14-8-12(16-13)10-7-15-11-4-2-1-3-9(10)11/h1-4,7,12,14-15H,5-6,8H2,(H,16,17). The molecular formula is C13H15N3O. The van der Waals surface area contributed by atoms with Crippen LogP contribution in [0.5, 0.6) is 0 Å². The predicted molar refractivity (Wildman–Crippen MR) is 66.7 cm³/mol. The van der Waals surface area contributed by atoms with E-state index in [1.54, 1.807) is 0 Å². The second kappa shape index (κ2) is 4.22. The molecule has 2 aromatic rings. The summed E-state index contributed by atoms with van der Waals surface area (Å²) >= 11 is 0. The van der Waals surface area contributed by atoms with Crippen molar-refractivity contribution in [2.45, 2.75) is 12.5 Å². The SMILES string of the molecule is O=C1CCNCC(c2c[nH]c3ccccc23)N1. The highest BCUT2D eigenvalue weighted by Crippen LogP contribution is 2.24. The molecule has 1 aromatic carbocycles. The second-order valence-corrected chi connectivity index (χ2v) is 4.36. The molecule has 1 saturated heterocycles. The van der Waals surface area contributed by atoms with Gasteiger partial charge in [0.15, 0.2) is 0 Å². The van der Waals surface area contributed by atoms with Crippen LogP contribution in [0, 0.1) is 0 Å². The summed E-state index contributed by atoms with van der Waals surface area (Å²) < 4.78 is 0. The lowest BCUT2D eigenvalue weighted by Gasteiger charge is -2.15. The number of nitrogens with one attached hydrogen (secondary N) is 3. The first-order chi connectivity index (χ1) is 8.34. The van der Waals surface area contributed by atoms with Crippen molar-refractivity contribution in [3.63, 3.8) is 0 Å². The van der Waals surface area contributed by atoms with Gasteiger partial charge >= 0.3 is 0 Å². The van der Waals surface area contributed by atoms with Crippen LogP contribution in [-0.2, 0) is 4.79 Å². The number of H-pyrrole nitrogens is 1. The molecule has 4 nitrogen and oxygen atoms in total. The Morgan fingerprint density at radius 2 is 2.12 bits per heavy atom. The molecule has 2 heterocycles. The molecule has 1 unspecified atom stereocenters. The molecular weight excluding hydrogens is 214 g/mol. The van der Waals surface area contributed by atoms with E-state index >= 15 is 0 Å². The van der Waals surface area contributed by atoms with Gasteiger partial charge in [-0.05, 0) is 6.07 Å². The maximum absolute atomic E-state index is 11.6. The largest absolute Gasteiger partial charge is 0.361 e. The second-order valence-electron chi connectivity index (χ2n) is 4.36. The third-order valence-electron chi connectivity index (χ3n) is 3.21. The Morgan fingerprint density at radius 1 is 1.24 bits per heavy atom. The zero-order valence-electron chi connectivity index (χ0n) is 9.49. The maximum Gasteiger partial charge on any atom is 0.221 e. The molecule has 1 aromatic heterocycles. The van der Waals surface area contributed by atoms with E-state index in [0.717, 1.165) is 24.2 Å². The number of carbonyl (C=O) groups excluding carboxylic acids is 1. The Morgan fingerprint density at radius 3 is 3.06 bits per heavy atom. The molecule has 4 heteroatoms. The fraction of sp³-hybridized carbons (Fsp3) is 0.308. The van der Waals surface area contributed by atoms with E-state index in [1.807, 2.05) is 24.4 Å². The third kappa shape index (κ3) is 1.91. The Bertz CT molecular complexity index is 546. The van der Waals surface area contributed by atoms with Crippen molar-refractivity contribution in [1.29, 1.82) is 0 Å². The number of para-hydroxylation sites is 1. The van der Waals surface area contributed by atoms with Crippen LogP contribution in [0.4, 0.5) is 0 Å². The van der Waals surface area contributed by atoms with Crippen LogP contribution in [0.1, 0.15) is 18.0 Å². The van der Waals surface area contributed by atoms with Crippen molar-refractivity contribution in [1.82, 2.24) is 15.6 Å². The van der Waals surface area contributed by atoms with Gasteiger partial charge < -0.3 is 15.6 Å². The minimum atomic E-state index is 0.0566. The molecule has 0 saturated carbocycles. The monoisotopic (exact) mass is 229 g/mol. The first kappa shape index (κ1) is 10.4. The van der Waals surface area contributed by atoms with Crippen molar-refractivity contribution in [3.8, 4) is 0 Å². The Kier molecular flexibility index (Phi) is 2.57. The van der Waals surface area contributed by atoms with E-state index in [9.17, 15) is 4.79 Å². The van der Waals surface area contributed by atoms with Gasteiger partial charge in [0, 0.05) is 42.2 Å². The van der Waals surface area contributed by atoms with E-state index in [4.69, 9.17) is 0 Å². The van der Waals surface area contributed by atoms with E-state index in [-0.39, 0.29) is 11.9 Å². The van der Waals surface area contributed by atoms with Crippen LogP contribution in [0.3, 0.4) is 0 Å². The van der Waals surface area contributed by atoms with Crippen LogP contribution < -0.4 is 10.6 Å². The highest BCUT2D eigenvalue weighted by Gasteiger charge is 2.20. The zero-order chi connectivity index (χ0) is 11.7. The van der Waals surface area contributed by atoms with Crippen LogP contribution in [0.25, 0.3) is 10.9 Å². The predicted octanol–water partition coefficient (Wildman–Crippen LogP) is 1.32. The van der Waals surface area contributed by atoms with Crippen LogP contribution >= 0.6 is 0 Å². The van der Waals surface area contributed by atoms with Crippen molar-refractivity contribution in [2.75, 3.05) is 13.1 Å². The molecule has 0 aliphatic carbocycles. The summed E-state index contributed by atoms with van der Waals surface area (Å²) in [4.78, 5) is 14.8. The Labute approximate surface area is 99.4 Å². The van der Waals surface area contributed by atoms with Crippen molar-refractivity contribution in [3.05, 3.63) is 36.0 Å². The van der Waals surface area contributed by atoms with Gasteiger partial charge in [-0.25, -0.2) is 0 Å². The van der Waals surface area contributed by atoms with Crippen molar-refractivity contribution < 1.29 is 4.79 Å². The van der Waals surface area contributed by atoms with Gasteiger partial charge in [0.25, 0.3) is 0 Å². The summed E-state index contributed by atoms with van der Waals surface area (Å²) in [5.41, 5.74) is 2.27. The molecule has 17 heavy (non-hydrogen) atoms. The number of aromatic nitrogens is 1. The number of benzene rings is 1. The minimum Gasteiger partial charge on any atom is -0.361 e. The molecule has 0 bridgehead atoms. The van der Waals surface area contributed by atoms with Crippen LogP contribution in [-0.4, -0.2) is 24.0 Å². The topological polar surface area (TPSA) is 56.9 Å². The lowest BCUT2D eigenvalue weighted by atomic mass is 10.1. The van der Waals surface area contributed by atoms with Crippen LogP contribution in [0.15, 0.2) is 30.5 Å². The zero-order valence-corrected chi connectivity index (χ0v) is 9.49. The summed E-state index contributed by atoms with van der Waals surface area (Å²) in [6, 6.07) is 8.21. The first-order valence-electron chi connectivity index (χ1n) is 5.91. The normalized spacial score (nSPS) is 21.2. The average molecular weight is 229 g/mol. The lowest BCUT2D eigenvalue weighted by molar-refractivity contribution is -0.121. The summed E-state index contributed by atoms with van der Waals surface area (Å²) in [6.45, 7) is 1.54. The highest BCUT2D eigenvalue weighted by atomic mass is 16.1. The number of aromatic amines is 1. The van der Waals surface area contributed by atoms with Crippen molar-refractivity contribution >= 4 is 16.8 Å². The summed E-state index contributed by atoms with van der Waals surface area (Å²) in [5.74, 6) is 0.116. The highest BCUT2D eigenvalue weighted by molar-refractivity contribution is 5.85. The van der Waals surface area contributed by atoms with Crippen LogP contribution in [0.2, 0.25) is 0 Å². The number of carbonyl (C=O) groups is 1. The number of hydrogen-bond acceptors (Lipinski definition) is 2. The molecule has 1 aliphatic heterocycles. The molecule has 0 radical (unpaired) electrons. The lowest BCUT2D eigenvalue weighted by Crippen LogP contribution is -2.29. The number of amides is 1. The van der Waals surface area contributed by atoms with Gasteiger partial charge in [-0.1, -0.05) is 18.2 Å². The molecule has 1 aliphatic rings. The summed E-state index contributed by atoms with van der Waals surface area (Å²) in [5, 5.41) is 7.52. The van der Waals surface area contributed by atoms with E-state index in [1.165, 1.54) is 5.39 Å². The Hall–Kier alpha value is -1.81. The van der Waals surface area contributed by atoms with Crippen molar-refractivity contribution in [2.24, 2.45) is 0 Å². The van der Waals surface area contributed by atoms with Gasteiger partial charge in [-0.3, -0.25) is 4.79 Å². The fourth-order valence-electron chi connectivity index (χ4n) is 2.34. The molecule has 0 spiro atoms. The molecule has 3 rings (SSSR count). The average Bonchev–Trinajstić information content (AvgIpc) is 2.66. The number of rotatable bonds is 1. The molecule has 1 atom stereocenters. The third-order valence-corrected chi connectivity index (χ3v) is 3.21. The van der Waals surface area contributed by atoms with E-state index in [0.29, 0.717) is 6.42 Å². The summed E-state index contributed by atoms with van der Waals surface area (Å²) in [6.07, 6.45) is 2.54. The van der Waals surface area contributed by atoms with Gasteiger partial charge in [-0.15, -0.1) is 0 Å². The maximum atomic E-state index is 11.6. The summed E-state index contributed by atoms with van der Waals surface area (Å²) in [7, 11) is 0. The van der Waals surface area contributed by atoms with Gasteiger partial charge in [0.2, 0.25) is 5.91 Å². The van der Waals surface area contributed by atoms with E-state index < -0.39 is 0 Å². The minimum absolute atomic E-state index is 0.0566.